The molecule has 2 heterocycles. The van der Waals surface area contributed by atoms with Gasteiger partial charge in [0.05, 0.1) is 30.0 Å². The van der Waals surface area contributed by atoms with Crippen LogP contribution in [0.1, 0.15) is 19.4 Å². The summed E-state index contributed by atoms with van der Waals surface area (Å²) < 4.78 is 13.7. The summed E-state index contributed by atoms with van der Waals surface area (Å²) >= 11 is 0. The minimum atomic E-state index is -0.497. The van der Waals surface area contributed by atoms with E-state index in [0.29, 0.717) is 17.6 Å². The zero-order valence-electron chi connectivity index (χ0n) is 14.7. The van der Waals surface area contributed by atoms with Crippen molar-refractivity contribution in [3.8, 4) is 0 Å². The van der Waals surface area contributed by atoms with Gasteiger partial charge in [0.2, 0.25) is 5.95 Å². The van der Waals surface area contributed by atoms with Gasteiger partial charge in [-0.1, -0.05) is 26.0 Å². The molecule has 0 amide bonds. The first kappa shape index (κ1) is 17.6. The minimum absolute atomic E-state index is 0.225. The van der Waals surface area contributed by atoms with E-state index in [0.717, 1.165) is 18.3 Å². The number of nitrogen functional groups attached to an aromatic ring is 1. The Labute approximate surface area is 151 Å². The van der Waals surface area contributed by atoms with Gasteiger partial charge in [-0.25, -0.2) is 19.3 Å². The number of hydrogen-bond donors (Lipinski definition) is 3. The Balaban J connectivity index is 1.65. The fourth-order valence-electron chi connectivity index (χ4n) is 2.49. The van der Waals surface area contributed by atoms with E-state index < -0.39 is 5.82 Å². The standard InChI is InChI=1S/C19H21FN6/c1-12(2)7-13-3-5-14(6-4-13)26-19-23-9-15(10-24-19)25-17-8-18(21)22-11-16(17)20/h3-6,8-12H,7H2,1-2H3,(H3,21,22,25)(H,23,24,26). The van der Waals surface area contributed by atoms with Gasteiger partial charge < -0.3 is 16.4 Å². The van der Waals surface area contributed by atoms with Gasteiger partial charge >= 0.3 is 0 Å². The number of hydrogen-bond acceptors (Lipinski definition) is 6. The van der Waals surface area contributed by atoms with Crippen molar-refractivity contribution in [2.45, 2.75) is 20.3 Å². The number of pyridine rings is 1. The second-order valence-electron chi connectivity index (χ2n) is 6.43. The van der Waals surface area contributed by atoms with E-state index in [9.17, 15) is 4.39 Å². The molecule has 4 N–H and O–H groups in total. The number of rotatable bonds is 6. The van der Waals surface area contributed by atoms with Gasteiger partial charge in [-0.15, -0.1) is 0 Å². The molecule has 0 radical (unpaired) electrons. The van der Waals surface area contributed by atoms with E-state index in [-0.39, 0.29) is 11.5 Å². The molecule has 0 fully saturated rings. The van der Waals surface area contributed by atoms with Gasteiger partial charge in [0.1, 0.15) is 5.82 Å². The molecule has 3 aromatic rings. The Morgan fingerprint density at radius 1 is 0.962 bits per heavy atom. The highest BCUT2D eigenvalue weighted by Gasteiger charge is 2.05. The van der Waals surface area contributed by atoms with E-state index in [1.165, 1.54) is 11.6 Å². The molecule has 7 heteroatoms. The summed E-state index contributed by atoms with van der Waals surface area (Å²) in [6.45, 7) is 4.39. The predicted molar refractivity (Wildman–Crippen MR) is 102 cm³/mol. The molecule has 0 aliphatic rings. The van der Waals surface area contributed by atoms with Crippen LogP contribution in [0.2, 0.25) is 0 Å². The number of aromatic nitrogens is 3. The van der Waals surface area contributed by atoms with Crippen LogP contribution in [-0.2, 0) is 6.42 Å². The third kappa shape index (κ3) is 4.66. The highest BCUT2D eigenvalue weighted by atomic mass is 19.1. The zero-order chi connectivity index (χ0) is 18.5. The van der Waals surface area contributed by atoms with Crippen molar-refractivity contribution in [2.24, 2.45) is 5.92 Å². The summed E-state index contributed by atoms with van der Waals surface area (Å²) in [7, 11) is 0. The number of benzene rings is 1. The van der Waals surface area contributed by atoms with Crippen LogP contribution in [0.5, 0.6) is 0 Å². The third-order valence-corrected chi connectivity index (χ3v) is 3.66. The summed E-state index contributed by atoms with van der Waals surface area (Å²) in [6.07, 6.45) is 5.25. The zero-order valence-corrected chi connectivity index (χ0v) is 14.7. The summed E-state index contributed by atoms with van der Waals surface area (Å²) in [5.74, 6) is 0.816. The molecule has 0 saturated heterocycles. The first-order valence-corrected chi connectivity index (χ1v) is 8.35. The fourth-order valence-corrected chi connectivity index (χ4v) is 2.49. The van der Waals surface area contributed by atoms with Crippen LogP contribution in [0, 0.1) is 11.7 Å². The molecular weight excluding hydrogens is 331 g/mol. The number of halogens is 1. The normalized spacial score (nSPS) is 10.8. The van der Waals surface area contributed by atoms with Crippen molar-refractivity contribution in [3.05, 3.63) is 60.3 Å². The van der Waals surface area contributed by atoms with Crippen molar-refractivity contribution in [1.82, 2.24) is 15.0 Å². The van der Waals surface area contributed by atoms with Gasteiger partial charge in [-0.3, -0.25) is 0 Å². The maximum Gasteiger partial charge on any atom is 0.227 e. The molecular formula is C19H21FN6. The van der Waals surface area contributed by atoms with Crippen LogP contribution in [0.25, 0.3) is 0 Å². The number of nitrogens with zero attached hydrogens (tertiary/aromatic N) is 3. The smallest absolute Gasteiger partial charge is 0.227 e. The van der Waals surface area contributed by atoms with Crippen LogP contribution in [0.15, 0.2) is 48.9 Å². The molecule has 0 spiro atoms. The number of anilines is 5. The van der Waals surface area contributed by atoms with Crippen molar-refractivity contribution in [1.29, 1.82) is 0 Å². The van der Waals surface area contributed by atoms with Crippen LogP contribution in [0.3, 0.4) is 0 Å². The first-order valence-electron chi connectivity index (χ1n) is 8.35. The Morgan fingerprint density at radius 2 is 1.65 bits per heavy atom. The Morgan fingerprint density at radius 3 is 2.31 bits per heavy atom. The highest BCUT2D eigenvalue weighted by molar-refractivity contribution is 5.62. The molecule has 3 rings (SSSR count). The van der Waals surface area contributed by atoms with Crippen molar-refractivity contribution in [2.75, 3.05) is 16.4 Å². The Bertz CT molecular complexity index is 862. The number of nitrogens with one attached hydrogen (secondary N) is 2. The summed E-state index contributed by atoms with van der Waals surface area (Å²) in [5, 5.41) is 6.02. The molecule has 1 aromatic carbocycles. The van der Waals surface area contributed by atoms with Gasteiger partial charge in [0.25, 0.3) is 0 Å². The molecule has 0 aliphatic heterocycles. The lowest BCUT2D eigenvalue weighted by Crippen LogP contribution is -2.01. The van der Waals surface area contributed by atoms with E-state index >= 15 is 0 Å². The summed E-state index contributed by atoms with van der Waals surface area (Å²) in [4.78, 5) is 12.2. The summed E-state index contributed by atoms with van der Waals surface area (Å²) in [5.41, 5.74) is 8.55. The average Bonchev–Trinajstić information content (AvgIpc) is 2.61. The van der Waals surface area contributed by atoms with Gasteiger partial charge in [0.15, 0.2) is 5.82 Å². The minimum Gasteiger partial charge on any atom is -0.384 e. The fraction of sp³-hybridized carbons (Fsp3) is 0.211. The lowest BCUT2D eigenvalue weighted by Gasteiger charge is -2.09. The SMILES string of the molecule is CC(C)Cc1ccc(Nc2ncc(Nc3cc(N)ncc3F)cn2)cc1. The van der Waals surface area contributed by atoms with Crippen LogP contribution in [-0.4, -0.2) is 15.0 Å². The Kier molecular flexibility index (Phi) is 5.26. The largest absolute Gasteiger partial charge is 0.384 e. The molecule has 2 aromatic heterocycles. The van der Waals surface area contributed by atoms with Crippen molar-refractivity contribution < 1.29 is 4.39 Å². The van der Waals surface area contributed by atoms with E-state index in [4.69, 9.17) is 5.73 Å². The Hall–Kier alpha value is -3.22. The highest BCUT2D eigenvalue weighted by Crippen LogP contribution is 2.21. The number of nitrogens with two attached hydrogens (primary N) is 1. The van der Waals surface area contributed by atoms with Gasteiger partial charge in [-0.05, 0) is 30.0 Å². The second kappa shape index (κ2) is 7.77. The quantitative estimate of drug-likeness (QED) is 0.614. The maximum absolute atomic E-state index is 13.7. The molecule has 0 bridgehead atoms. The first-order chi connectivity index (χ1) is 12.5. The van der Waals surface area contributed by atoms with E-state index in [1.54, 1.807) is 12.4 Å². The topological polar surface area (TPSA) is 88.8 Å². The monoisotopic (exact) mass is 352 g/mol. The van der Waals surface area contributed by atoms with Crippen molar-refractivity contribution in [3.63, 3.8) is 0 Å². The predicted octanol–water partition coefficient (Wildman–Crippen LogP) is 4.28. The van der Waals surface area contributed by atoms with Crippen LogP contribution < -0.4 is 16.4 Å². The molecule has 134 valence electrons. The lowest BCUT2D eigenvalue weighted by atomic mass is 10.0. The summed E-state index contributed by atoms with van der Waals surface area (Å²) in [6, 6.07) is 9.61. The maximum atomic E-state index is 13.7. The molecule has 0 atom stereocenters. The molecule has 0 aliphatic carbocycles. The van der Waals surface area contributed by atoms with E-state index in [2.05, 4.69) is 51.6 Å². The van der Waals surface area contributed by atoms with Gasteiger partial charge in [0, 0.05) is 11.8 Å². The van der Waals surface area contributed by atoms with Gasteiger partial charge in [-0.2, -0.15) is 0 Å². The lowest BCUT2D eigenvalue weighted by molar-refractivity contribution is 0.626. The second-order valence-corrected chi connectivity index (χ2v) is 6.43. The third-order valence-electron chi connectivity index (χ3n) is 3.66. The van der Waals surface area contributed by atoms with Crippen LogP contribution >= 0.6 is 0 Å². The molecule has 0 saturated carbocycles. The molecule has 6 nitrogen and oxygen atoms in total. The molecule has 0 unspecified atom stereocenters. The average molecular weight is 352 g/mol. The van der Waals surface area contributed by atoms with E-state index in [1.807, 2.05) is 12.1 Å². The van der Waals surface area contributed by atoms with Crippen molar-refractivity contribution >= 4 is 28.8 Å². The van der Waals surface area contributed by atoms with Crippen LogP contribution in [0.4, 0.5) is 33.2 Å². The molecule has 26 heavy (non-hydrogen) atoms.